The number of carbonyl (C=O) groups is 6. The molecule has 8 rings (SSSR count). The van der Waals surface area contributed by atoms with E-state index in [1.165, 1.54) is 19.1 Å². The molecule has 5 amide bonds. The van der Waals surface area contributed by atoms with Crippen LogP contribution in [0.3, 0.4) is 0 Å². The molecule has 0 spiro atoms. The molecule has 0 bridgehead atoms. The number of imide groups is 1. The molecule has 15 nitrogen and oxygen atoms in total. The molecule has 4 aliphatic rings. The summed E-state index contributed by atoms with van der Waals surface area (Å²) in [5, 5.41) is 20.3. The minimum absolute atomic E-state index is 0.0671. The van der Waals surface area contributed by atoms with Crippen LogP contribution >= 0.6 is 0 Å². The number of pyridine rings is 2. The van der Waals surface area contributed by atoms with Gasteiger partial charge in [0.25, 0.3) is 17.4 Å². The number of ether oxygens (including phenoxy) is 1. The van der Waals surface area contributed by atoms with Gasteiger partial charge in [-0.15, -0.1) is 0 Å². The standard InChI is InChI=1S/C43H42N6O9/c1-5-43(57)20-58-19-27-28(43)17-31-39-26(18-48(31)42(27)56)37-32(50)13-10-25-29(11-12-30(45-39)36(25)37)46-40(54)22(4)44-41(55)38(21(2)3)47-33(51)16-23-6-8-24(9-7-23)49-34(52)14-15-35(49)53/h6-9,11-12,14-15,17,21-22,38,57H,5,10,13,16,18-20H2,1-4H3,(H,44,55)(H,46,54)(H,47,51)/t22?,38?,43-/m1/s1. The minimum atomic E-state index is -1.32. The van der Waals surface area contributed by atoms with Crippen LogP contribution in [0.25, 0.3) is 22.3 Å². The number of hydrogen-bond acceptors (Lipinski definition) is 10. The largest absolute Gasteiger partial charge is 0.383 e. The van der Waals surface area contributed by atoms with E-state index in [2.05, 4.69) is 16.0 Å². The van der Waals surface area contributed by atoms with Gasteiger partial charge >= 0.3 is 0 Å². The van der Waals surface area contributed by atoms with Gasteiger partial charge in [0.2, 0.25) is 17.7 Å². The number of Topliss-reactive ketones (excluding diaryl/α,β-unsaturated/α-hetero) is 1. The normalized spacial score (nSPS) is 18.9. The number of ketones is 1. The molecule has 3 atom stereocenters. The van der Waals surface area contributed by atoms with Crippen LogP contribution < -0.4 is 26.4 Å². The summed E-state index contributed by atoms with van der Waals surface area (Å²) >= 11 is 0. The van der Waals surface area contributed by atoms with Crippen LogP contribution in [0.5, 0.6) is 0 Å². The maximum Gasteiger partial charge on any atom is 0.258 e. The fourth-order valence-electron chi connectivity index (χ4n) is 8.30. The van der Waals surface area contributed by atoms with Crippen molar-refractivity contribution in [3.63, 3.8) is 0 Å². The summed E-state index contributed by atoms with van der Waals surface area (Å²) in [6.07, 6.45) is 3.19. The number of anilines is 2. The van der Waals surface area contributed by atoms with E-state index < -0.39 is 47.2 Å². The number of carbonyl (C=O) groups excluding carboxylic acids is 6. The van der Waals surface area contributed by atoms with E-state index in [1.54, 1.807) is 60.9 Å². The Kier molecular flexibility index (Phi) is 9.68. The fraction of sp³-hybridized carbons (Fsp3) is 0.349. The van der Waals surface area contributed by atoms with Crippen LogP contribution in [0.4, 0.5) is 11.4 Å². The summed E-state index contributed by atoms with van der Waals surface area (Å²) < 4.78 is 7.19. The molecule has 58 heavy (non-hydrogen) atoms. The molecule has 4 aromatic rings. The third kappa shape index (κ3) is 6.49. The zero-order valence-electron chi connectivity index (χ0n) is 32.4. The van der Waals surface area contributed by atoms with Gasteiger partial charge in [-0.2, -0.15) is 0 Å². The molecule has 0 saturated carbocycles. The van der Waals surface area contributed by atoms with E-state index in [0.717, 1.165) is 10.5 Å². The van der Waals surface area contributed by atoms with Gasteiger partial charge in [0.05, 0.1) is 48.8 Å². The number of hydrogen-bond donors (Lipinski definition) is 4. The van der Waals surface area contributed by atoms with Crippen molar-refractivity contribution in [2.75, 3.05) is 16.8 Å². The van der Waals surface area contributed by atoms with Crippen molar-refractivity contribution in [1.82, 2.24) is 20.2 Å². The summed E-state index contributed by atoms with van der Waals surface area (Å²) in [6, 6.07) is 9.67. The summed E-state index contributed by atoms with van der Waals surface area (Å²) in [5.41, 5.74) is 4.13. The van der Waals surface area contributed by atoms with E-state index in [4.69, 9.17) is 9.72 Å². The monoisotopic (exact) mass is 786 g/mol. The third-order valence-corrected chi connectivity index (χ3v) is 11.5. The Labute approximate surface area is 332 Å². The van der Waals surface area contributed by atoms with Gasteiger partial charge in [0.15, 0.2) is 5.78 Å². The van der Waals surface area contributed by atoms with Gasteiger partial charge in [-0.3, -0.25) is 33.6 Å². The van der Waals surface area contributed by atoms with Crippen molar-refractivity contribution in [2.45, 2.75) is 84.2 Å². The first-order chi connectivity index (χ1) is 27.7. The maximum atomic E-state index is 13.8. The summed E-state index contributed by atoms with van der Waals surface area (Å²) in [6.45, 7) is 7.19. The molecule has 2 aromatic heterocycles. The smallest absolute Gasteiger partial charge is 0.258 e. The lowest BCUT2D eigenvalue weighted by molar-refractivity contribution is -0.131. The number of benzene rings is 2. The third-order valence-electron chi connectivity index (χ3n) is 11.5. The van der Waals surface area contributed by atoms with Crippen molar-refractivity contribution < 1.29 is 38.6 Å². The minimum Gasteiger partial charge on any atom is -0.383 e. The molecule has 1 aliphatic carbocycles. The Morgan fingerprint density at radius 1 is 0.914 bits per heavy atom. The predicted molar refractivity (Wildman–Crippen MR) is 212 cm³/mol. The molecular weight excluding hydrogens is 745 g/mol. The second-order valence-corrected chi connectivity index (χ2v) is 15.6. The molecule has 2 unspecified atom stereocenters. The van der Waals surface area contributed by atoms with E-state index >= 15 is 0 Å². The van der Waals surface area contributed by atoms with Crippen molar-refractivity contribution in [3.05, 3.63) is 98.4 Å². The lowest BCUT2D eigenvalue weighted by Gasteiger charge is -2.33. The van der Waals surface area contributed by atoms with Gasteiger partial charge in [-0.25, -0.2) is 9.88 Å². The fourth-order valence-corrected chi connectivity index (χ4v) is 8.30. The first-order valence-electron chi connectivity index (χ1n) is 19.3. The Hall–Kier alpha value is -6.32. The van der Waals surface area contributed by atoms with Crippen molar-refractivity contribution in [3.8, 4) is 11.4 Å². The first-order valence-corrected chi connectivity index (χ1v) is 19.3. The van der Waals surface area contributed by atoms with Crippen molar-refractivity contribution in [2.24, 2.45) is 5.92 Å². The second kappa shape index (κ2) is 14.6. The number of fused-ring (bicyclic) bond motifs is 5. The predicted octanol–water partition coefficient (Wildman–Crippen LogP) is 2.94. The Balaban J connectivity index is 0.978. The molecular formula is C43H42N6O9. The van der Waals surface area contributed by atoms with Crippen molar-refractivity contribution in [1.29, 1.82) is 0 Å². The van der Waals surface area contributed by atoms with Gasteiger partial charge in [0, 0.05) is 46.3 Å². The quantitative estimate of drug-likeness (QED) is 0.152. The van der Waals surface area contributed by atoms with E-state index in [0.29, 0.717) is 74.3 Å². The van der Waals surface area contributed by atoms with E-state index in [9.17, 15) is 38.7 Å². The lowest BCUT2D eigenvalue weighted by Crippen LogP contribution is -2.54. The van der Waals surface area contributed by atoms with Crippen LogP contribution in [-0.4, -0.2) is 68.7 Å². The highest BCUT2D eigenvalue weighted by Gasteiger charge is 2.40. The molecule has 4 N–H and O–H groups in total. The summed E-state index contributed by atoms with van der Waals surface area (Å²) in [4.78, 5) is 97.5. The highest BCUT2D eigenvalue weighted by Crippen LogP contribution is 2.43. The van der Waals surface area contributed by atoms with Crippen LogP contribution in [0.2, 0.25) is 0 Å². The highest BCUT2D eigenvalue weighted by molar-refractivity contribution is 6.28. The Morgan fingerprint density at radius 2 is 1.64 bits per heavy atom. The number of nitrogens with one attached hydrogen (secondary N) is 3. The number of nitrogens with zero attached hydrogens (tertiary/aromatic N) is 3. The van der Waals surface area contributed by atoms with Gasteiger partial charge < -0.3 is 30.4 Å². The van der Waals surface area contributed by atoms with E-state index in [-0.39, 0.29) is 49.9 Å². The molecule has 298 valence electrons. The lowest BCUT2D eigenvalue weighted by atomic mass is 9.84. The van der Waals surface area contributed by atoms with Crippen LogP contribution in [0.15, 0.2) is 59.4 Å². The maximum absolute atomic E-state index is 13.8. The Morgan fingerprint density at radius 3 is 2.33 bits per heavy atom. The zero-order chi connectivity index (χ0) is 41.2. The molecule has 2 aromatic carbocycles. The molecule has 0 fully saturated rings. The van der Waals surface area contributed by atoms with Gasteiger partial charge in [-0.1, -0.05) is 32.9 Å². The van der Waals surface area contributed by atoms with Crippen molar-refractivity contribution >= 4 is 57.6 Å². The average Bonchev–Trinajstić information content (AvgIpc) is 3.74. The van der Waals surface area contributed by atoms with Crippen LogP contribution in [-0.2, 0) is 60.3 Å². The summed E-state index contributed by atoms with van der Waals surface area (Å²) in [5.74, 6) is -2.80. The highest BCUT2D eigenvalue weighted by atomic mass is 16.5. The van der Waals surface area contributed by atoms with Crippen LogP contribution in [0.1, 0.15) is 78.7 Å². The zero-order valence-corrected chi connectivity index (χ0v) is 32.4. The van der Waals surface area contributed by atoms with Crippen LogP contribution in [0, 0.1) is 5.92 Å². The van der Waals surface area contributed by atoms with E-state index in [1.807, 2.05) is 6.92 Å². The number of rotatable bonds is 10. The molecule has 3 aliphatic heterocycles. The number of aliphatic hydroxyl groups is 1. The molecule has 15 heteroatoms. The topological polar surface area (TPSA) is 206 Å². The van der Waals surface area contributed by atoms with Gasteiger partial charge in [-0.05, 0) is 72.7 Å². The number of aryl methyl sites for hydroxylation is 1. The number of amides is 5. The first kappa shape index (κ1) is 38.5. The average molecular weight is 787 g/mol. The Bertz CT molecular complexity index is 2560. The molecule has 5 heterocycles. The van der Waals surface area contributed by atoms with Gasteiger partial charge in [0.1, 0.15) is 17.7 Å². The second-order valence-electron chi connectivity index (χ2n) is 15.6. The molecule has 0 radical (unpaired) electrons. The number of aromatic nitrogens is 2. The SMILES string of the molecule is CC[C@@]1(O)COCc2c1cc1n(c2=O)Cc2c-1nc1ccc(NC(=O)C(C)NC(=O)C(NC(=O)Cc3ccc(N4C(=O)C=CC4=O)cc3)C(C)C)c3c1c2C(=O)CC3. The molecule has 0 saturated heterocycles. The summed E-state index contributed by atoms with van der Waals surface area (Å²) in [7, 11) is 0.